The SMILES string of the molecule is O=S(=O)(Nc1ccc(OCc2ccccc2)cc1)c1ccc2c(c1)CCO2. The number of anilines is 1. The fraction of sp³-hybridized carbons (Fsp3) is 0.143. The second kappa shape index (κ2) is 7.32. The molecule has 5 nitrogen and oxygen atoms in total. The molecule has 0 saturated heterocycles. The number of sulfonamides is 1. The quantitative estimate of drug-likeness (QED) is 0.701. The Kier molecular flexibility index (Phi) is 4.73. The highest BCUT2D eigenvalue weighted by atomic mass is 32.2. The van der Waals surface area contributed by atoms with E-state index in [4.69, 9.17) is 9.47 Å². The van der Waals surface area contributed by atoms with E-state index in [1.165, 1.54) is 0 Å². The summed E-state index contributed by atoms with van der Waals surface area (Å²) >= 11 is 0. The normalized spacial score (nSPS) is 12.9. The first-order valence-electron chi connectivity index (χ1n) is 8.65. The maximum Gasteiger partial charge on any atom is 0.261 e. The first-order valence-corrected chi connectivity index (χ1v) is 10.1. The highest BCUT2D eigenvalue weighted by Gasteiger charge is 2.19. The van der Waals surface area contributed by atoms with E-state index in [2.05, 4.69) is 4.72 Å². The van der Waals surface area contributed by atoms with Crippen LogP contribution < -0.4 is 14.2 Å². The van der Waals surface area contributed by atoms with E-state index in [-0.39, 0.29) is 4.90 Å². The van der Waals surface area contributed by atoms with Crippen LogP contribution >= 0.6 is 0 Å². The highest BCUT2D eigenvalue weighted by molar-refractivity contribution is 7.92. The van der Waals surface area contributed by atoms with Gasteiger partial charge in [-0.2, -0.15) is 0 Å². The molecule has 138 valence electrons. The largest absolute Gasteiger partial charge is 0.493 e. The summed E-state index contributed by atoms with van der Waals surface area (Å²) in [6, 6.07) is 21.7. The Morgan fingerprint density at radius 2 is 1.74 bits per heavy atom. The molecule has 0 aromatic heterocycles. The lowest BCUT2D eigenvalue weighted by Gasteiger charge is -2.11. The molecule has 0 aliphatic carbocycles. The first-order chi connectivity index (χ1) is 13.1. The molecule has 1 aliphatic rings. The van der Waals surface area contributed by atoms with Crippen molar-refractivity contribution in [1.29, 1.82) is 0 Å². The van der Waals surface area contributed by atoms with Gasteiger partial charge in [-0.15, -0.1) is 0 Å². The third kappa shape index (κ3) is 4.06. The first kappa shape index (κ1) is 17.4. The van der Waals surface area contributed by atoms with E-state index in [0.717, 1.165) is 23.3 Å². The average Bonchev–Trinajstić information content (AvgIpc) is 3.16. The zero-order valence-electron chi connectivity index (χ0n) is 14.6. The van der Waals surface area contributed by atoms with Crippen molar-refractivity contribution in [2.24, 2.45) is 0 Å². The molecule has 0 saturated carbocycles. The van der Waals surface area contributed by atoms with Crippen molar-refractivity contribution in [2.45, 2.75) is 17.9 Å². The van der Waals surface area contributed by atoms with E-state index < -0.39 is 10.0 Å². The highest BCUT2D eigenvalue weighted by Crippen LogP contribution is 2.28. The van der Waals surface area contributed by atoms with Gasteiger partial charge in [-0.05, 0) is 53.6 Å². The lowest BCUT2D eigenvalue weighted by atomic mass is 10.2. The van der Waals surface area contributed by atoms with Gasteiger partial charge in [0.05, 0.1) is 11.5 Å². The van der Waals surface area contributed by atoms with Gasteiger partial charge in [-0.1, -0.05) is 30.3 Å². The van der Waals surface area contributed by atoms with Crippen molar-refractivity contribution in [1.82, 2.24) is 0 Å². The Morgan fingerprint density at radius 3 is 2.52 bits per heavy atom. The Hall–Kier alpha value is -2.99. The fourth-order valence-electron chi connectivity index (χ4n) is 2.90. The molecule has 4 rings (SSSR count). The predicted molar refractivity (Wildman–Crippen MR) is 104 cm³/mol. The summed E-state index contributed by atoms with van der Waals surface area (Å²) in [5.74, 6) is 1.44. The molecule has 3 aromatic carbocycles. The summed E-state index contributed by atoms with van der Waals surface area (Å²) in [5, 5.41) is 0. The molecule has 0 spiro atoms. The smallest absolute Gasteiger partial charge is 0.261 e. The van der Waals surface area contributed by atoms with Crippen LogP contribution in [0.5, 0.6) is 11.5 Å². The molecule has 0 atom stereocenters. The molecule has 1 heterocycles. The topological polar surface area (TPSA) is 64.6 Å². The molecule has 0 radical (unpaired) electrons. The molecular weight excluding hydrogens is 362 g/mol. The molecule has 0 bridgehead atoms. The molecule has 3 aromatic rings. The number of ether oxygens (including phenoxy) is 2. The molecular formula is C21H19NO4S. The zero-order valence-corrected chi connectivity index (χ0v) is 15.4. The van der Waals surface area contributed by atoms with Crippen LogP contribution in [0, 0.1) is 0 Å². The number of hydrogen-bond acceptors (Lipinski definition) is 4. The van der Waals surface area contributed by atoms with Gasteiger partial charge in [0.25, 0.3) is 10.0 Å². The van der Waals surface area contributed by atoms with Crippen molar-refractivity contribution < 1.29 is 17.9 Å². The van der Waals surface area contributed by atoms with Crippen LogP contribution in [0.2, 0.25) is 0 Å². The lowest BCUT2D eigenvalue weighted by Crippen LogP contribution is -2.13. The molecule has 0 unspecified atom stereocenters. The number of hydrogen-bond donors (Lipinski definition) is 1. The van der Waals surface area contributed by atoms with Gasteiger partial charge in [0.15, 0.2) is 0 Å². The minimum Gasteiger partial charge on any atom is -0.493 e. The molecule has 1 N–H and O–H groups in total. The minimum atomic E-state index is -3.65. The van der Waals surface area contributed by atoms with Gasteiger partial charge in [0, 0.05) is 12.1 Å². The fourth-order valence-corrected chi connectivity index (χ4v) is 4.01. The van der Waals surface area contributed by atoms with Crippen LogP contribution in [-0.2, 0) is 23.1 Å². The van der Waals surface area contributed by atoms with Gasteiger partial charge >= 0.3 is 0 Å². The number of fused-ring (bicyclic) bond motifs is 1. The van der Waals surface area contributed by atoms with Crippen molar-refractivity contribution in [3.05, 3.63) is 83.9 Å². The second-order valence-corrected chi connectivity index (χ2v) is 7.95. The van der Waals surface area contributed by atoms with Gasteiger partial charge < -0.3 is 9.47 Å². The number of rotatable bonds is 6. The van der Waals surface area contributed by atoms with E-state index in [1.54, 1.807) is 42.5 Å². The maximum absolute atomic E-state index is 12.6. The van der Waals surface area contributed by atoms with Crippen LogP contribution in [0.3, 0.4) is 0 Å². The monoisotopic (exact) mass is 381 g/mol. The minimum absolute atomic E-state index is 0.233. The van der Waals surface area contributed by atoms with Crippen molar-refractivity contribution >= 4 is 15.7 Å². The predicted octanol–water partition coefficient (Wildman–Crippen LogP) is 4.00. The van der Waals surface area contributed by atoms with Gasteiger partial charge in [0.1, 0.15) is 18.1 Å². The lowest BCUT2D eigenvalue weighted by molar-refractivity contribution is 0.306. The third-order valence-electron chi connectivity index (χ3n) is 4.33. The summed E-state index contributed by atoms with van der Waals surface area (Å²) in [4.78, 5) is 0.233. The summed E-state index contributed by atoms with van der Waals surface area (Å²) in [5.41, 5.74) is 2.48. The van der Waals surface area contributed by atoms with Crippen LogP contribution in [0.1, 0.15) is 11.1 Å². The van der Waals surface area contributed by atoms with E-state index >= 15 is 0 Å². The van der Waals surface area contributed by atoms with Crippen molar-refractivity contribution in [2.75, 3.05) is 11.3 Å². The van der Waals surface area contributed by atoms with Crippen LogP contribution in [0.4, 0.5) is 5.69 Å². The molecule has 0 amide bonds. The van der Waals surface area contributed by atoms with Crippen molar-refractivity contribution in [3.63, 3.8) is 0 Å². The Labute approximate surface area is 158 Å². The Morgan fingerprint density at radius 1 is 0.963 bits per heavy atom. The zero-order chi connectivity index (χ0) is 18.7. The van der Waals surface area contributed by atoms with Crippen LogP contribution in [0.25, 0.3) is 0 Å². The number of benzene rings is 3. The summed E-state index contributed by atoms with van der Waals surface area (Å²) < 4.78 is 39.0. The molecule has 27 heavy (non-hydrogen) atoms. The standard InChI is InChI=1S/C21H19NO4S/c23-27(24,20-10-11-21-17(14-20)12-13-25-21)22-18-6-8-19(9-7-18)26-15-16-4-2-1-3-5-16/h1-11,14,22H,12-13,15H2. The summed E-state index contributed by atoms with van der Waals surface area (Å²) in [6.07, 6.45) is 0.728. The summed E-state index contributed by atoms with van der Waals surface area (Å²) in [6.45, 7) is 1.06. The Balaban J connectivity index is 1.43. The molecule has 0 fully saturated rings. The van der Waals surface area contributed by atoms with Crippen molar-refractivity contribution in [3.8, 4) is 11.5 Å². The van der Waals surface area contributed by atoms with Crippen LogP contribution in [0.15, 0.2) is 77.7 Å². The Bertz CT molecular complexity index is 1030. The van der Waals surface area contributed by atoms with Crippen LogP contribution in [-0.4, -0.2) is 15.0 Å². The second-order valence-electron chi connectivity index (χ2n) is 6.27. The molecule has 1 aliphatic heterocycles. The maximum atomic E-state index is 12.6. The number of nitrogens with one attached hydrogen (secondary N) is 1. The van der Waals surface area contributed by atoms with Gasteiger partial charge in [-0.3, -0.25) is 4.72 Å². The molecule has 6 heteroatoms. The average molecular weight is 381 g/mol. The van der Waals surface area contributed by atoms with E-state index in [9.17, 15) is 8.42 Å². The van der Waals surface area contributed by atoms with E-state index in [0.29, 0.717) is 24.7 Å². The third-order valence-corrected chi connectivity index (χ3v) is 5.71. The summed E-state index contributed by atoms with van der Waals surface area (Å²) in [7, 11) is -3.65. The van der Waals surface area contributed by atoms with Gasteiger partial charge in [0.2, 0.25) is 0 Å². The van der Waals surface area contributed by atoms with E-state index in [1.807, 2.05) is 30.3 Å². The van der Waals surface area contributed by atoms with Gasteiger partial charge in [-0.25, -0.2) is 8.42 Å².